The highest BCUT2D eigenvalue weighted by atomic mass is 32.2. The van der Waals surface area contributed by atoms with Crippen molar-refractivity contribution in [2.24, 2.45) is 0 Å². The van der Waals surface area contributed by atoms with Crippen LogP contribution in [0, 0.1) is 0 Å². The molecule has 0 saturated carbocycles. The number of hydrogen-bond donors (Lipinski definition) is 1. The quantitative estimate of drug-likeness (QED) is 0.861. The van der Waals surface area contributed by atoms with Gasteiger partial charge in [0, 0.05) is 13.6 Å². The fraction of sp³-hybridized carbons (Fsp3) is 0.294. The molecule has 22 heavy (non-hydrogen) atoms. The minimum atomic E-state index is -3.14. The first-order valence-electron chi connectivity index (χ1n) is 7.39. The summed E-state index contributed by atoms with van der Waals surface area (Å²) in [5.41, 5.74) is 4.15. The zero-order chi connectivity index (χ0) is 15.6. The molecule has 2 aromatic carbocycles. The molecule has 5 heteroatoms. The zero-order valence-corrected chi connectivity index (χ0v) is 13.4. The molecule has 0 amide bonds. The highest BCUT2D eigenvalue weighted by Gasteiger charge is 2.29. The Morgan fingerprint density at radius 3 is 2.64 bits per heavy atom. The molecule has 3 rings (SSSR count). The highest BCUT2D eigenvalue weighted by molar-refractivity contribution is 7.92. The molecule has 0 aliphatic carbocycles. The van der Waals surface area contributed by atoms with Crippen LogP contribution in [0.15, 0.2) is 48.5 Å². The summed E-state index contributed by atoms with van der Waals surface area (Å²) in [4.78, 5) is 0. The summed E-state index contributed by atoms with van der Waals surface area (Å²) in [5, 5.41) is 3.41. The van der Waals surface area contributed by atoms with E-state index in [1.165, 1.54) is 15.4 Å². The molecule has 1 N–H and O–H groups in total. The Hall–Kier alpha value is -1.85. The van der Waals surface area contributed by atoms with Gasteiger partial charge in [0.1, 0.15) is 0 Å². The molecular weight excluding hydrogens is 296 g/mol. The molecule has 4 nitrogen and oxygen atoms in total. The van der Waals surface area contributed by atoms with Crippen LogP contribution >= 0.6 is 0 Å². The van der Waals surface area contributed by atoms with Crippen LogP contribution in [0.4, 0.5) is 5.69 Å². The lowest BCUT2D eigenvalue weighted by Crippen LogP contribution is -2.20. The summed E-state index contributed by atoms with van der Waals surface area (Å²) in [6.45, 7) is 1.72. The van der Waals surface area contributed by atoms with E-state index < -0.39 is 10.0 Å². The van der Waals surface area contributed by atoms with E-state index in [2.05, 4.69) is 17.4 Å². The number of sulfonamides is 1. The van der Waals surface area contributed by atoms with Crippen molar-refractivity contribution < 1.29 is 8.42 Å². The van der Waals surface area contributed by atoms with E-state index in [4.69, 9.17) is 0 Å². The standard InChI is InChI=1S/C17H20N2O2S/c1-19-17-8-7-14(11-16(17)13-22(19,20)21)9-10-18-12-15-5-3-2-4-6-15/h2-8,11,18H,9-10,12-13H2,1H3. The van der Waals surface area contributed by atoms with Crippen molar-refractivity contribution in [3.05, 3.63) is 65.2 Å². The van der Waals surface area contributed by atoms with E-state index in [1.54, 1.807) is 7.05 Å². The van der Waals surface area contributed by atoms with Gasteiger partial charge in [0.05, 0.1) is 11.4 Å². The topological polar surface area (TPSA) is 49.4 Å². The third-order valence-electron chi connectivity index (χ3n) is 4.00. The number of hydrogen-bond acceptors (Lipinski definition) is 3. The largest absolute Gasteiger partial charge is 0.312 e. The van der Waals surface area contributed by atoms with Gasteiger partial charge in [0.2, 0.25) is 10.0 Å². The molecule has 0 atom stereocenters. The van der Waals surface area contributed by atoms with Gasteiger partial charge in [-0.3, -0.25) is 4.31 Å². The maximum absolute atomic E-state index is 11.9. The summed E-state index contributed by atoms with van der Waals surface area (Å²) in [7, 11) is -1.53. The molecule has 0 fully saturated rings. The Morgan fingerprint density at radius 2 is 1.86 bits per heavy atom. The first kappa shape index (κ1) is 15.1. The number of nitrogens with zero attached hydrogens (tertiary/aromatic N) is 1. The van der Waals surface area contributed by atoms with E-state index in [0.717, 1.165) is 30.8 Å². The first-order chi connectivity index (χ1) is 10.6. The summed E-state index contributed by atoms with van der Waals surface area (Å²) in [6.07, 6.45) is 0.893. The zero-order valence-electron chi connectivity index (χ0n) is 12.6. The molecule has 0 bridgehead atoms. The van der Waals surface area contributed by atoms with Gasteiger partial charge in [-0.1, -0.05) is 42.5 Å². The van der Waals surface area contributed by atoms with Crippen molar-refractivity contribution in [1.82, 2.24) is 5.32 Å². The Bertz CT molecular complexity index is 757. The Labute approximate surface area is 131 Å². The van der Waals surface area contributed by atoms with Gasteiger partial charge >= 0.3 is 0 Å². The lowest BCUT2D eigenvalue weighted by molar-refractivity contribution is 0.596. The maximum atomic E-state index is 11.9. The summed E-state index contributed by atoms with van der Waals surface area (Å²) in [5.74, 6) is 0.115. The van der Waals surface area contributed by atoms with Crippen molar-refractivity contribution in [2.45, 2.75) is 18.7 Å². The van der Waals surface area contributed by atoms with Crippen molar-refractivity contribution in [1.29, 1.82) is 0 Å². The van der Waals surface area contributed by atoms with Crippen molar-refractivity contribution in [3.63, 3.8) is 0 Å². The summed E-state index contributed by atoms with van der Waals surface area (Å²) in [6, 6.07) is 16.2. The summed E-state index contributed by atoms with van der Waals surface area (Å²) < 4.78 is 25.1. The minimum absolute atomic E-state index is 0.115. The average molecular weight is 316 g/mol. The molecular formula is C17H20N2O2S. The highest BCUT2D eigenvalue weighted by Crippen LogP contribution is 2.32. The fourth-order valence-corrected chi connectivity index (χ4v) is 4.02. The smallest absolute Gasteiger partial charge is 0.239 e. The normalized spacial score (nSPS) is 15.8. The van der Waals surface area contributed by atoms with Crippen molar-refractivity contribution in [3.8, 4) is 0 Å². The van der Waals surface area contributed by atoms with E-state index in [9.17, 15) is 8.42 Å². The van der Waals surface area contributed by atoms with E-state index in [-0.39, 0.29) is 5.75 Å². The Kier molecular flexibility index (Phi) is 4.18. The molecule has 0 saturated heterocycles. The van der Waals surface area contributed by atoms with Gasteiger partial charge in [0.15, 0.2) is 0 Å². The van der Waals surface area contributed by atoms with Crippen LogP contribution in [0.2, 0.25) is 0 Å². The minimum Gasteiger partial charge on any atom is -0.312 e. The van der Waals surface area contributed by atoms with Gasteiger partial charge in [-0.2, -0.15) is 0 Å². The predicted octanol–water partition coefficient (Wildman–Crippen LogP) is 2.30. The average Bonchev–Trinajstić information content (AvgIpc) is 2.74. The second-order valence-corrected chi connectivity index (χ2v) is 7.60. The third-order valence-corrected chi connectivity index (χ3v) is 5.71. The van der Waals surface area contributed by atoms with E-state index >= 15 is 0 Å². The van der Waals surface area contributed by atoms with Gasteiger partial charge in [-0.25, -0.2) is 8.42 Å². The molecule has 1 aliphatic heterocycles. The lowest BCUT2D eigenvalue weighted by Gasteiger charge is -2.11. The maximum Gasteiger partial charge on any atom is 0.239 e. The molecule has 0 spiro atoms. The van der Waals surface area contributed by atoms with Crippen LogP contribution in [0.5, 0.6) is 0 Å². The number of benzene rings is 2. The summed E-state index contributed by atoms with van der Waals surface area (Å²) >= 11 is 0. The van der Waals surface area contributed by atoms with Crippen LogP contribution in [0.25, 0.3) is 0 Å². The predicted molar refractivity (Wildman–Crippen MR) is 89.3 cm³/mol. The second kappa shape index (κ2) is 6.10. The van der Waals surface area contributed by atoms with Crippen LogP contribution in [0.1, 0.15) is 16.7 Å². The van der Waals surface area contributed by atoms with Crippen LogP contribution < -0.4 is 9.62 Å². The van der Waals surface area contributed by atoms with Crippen LogP contribution in [0.3, 0.4) is 0 Å². The fourth-order valence-electron chi connectivity index (χ4n) is 2.72. The molecule has 0 aromatic heterocycles. The van der Waals surface area contributed by atoms with Gasteiger partial charge in [0.25, 0.3) is 0 Å². The number of fused-ring (bicyclic) bond motifs is 1. The van der Waals surface area contributed by atoms with Crippen molar-refractivity contribution >= 4 is 15.7 Å². The lowest BCUT2D eigenvalue weighted by atomic mass is 10.1. The van der Waals surface area contributed by atoms with Gasteiger partial charge in [-0.05, 0) is 35.7 Å². The van der Waals surface area contributed by atoms with Crippen LogP contribution in [-0.4, -0.2) is 22.0 Å². The number of rotatable bonds is 5. The van der Waals surface area contributed by atoms with Gasteiger partial charge in [-0.15, -0.1) is 0 Å². The molecule has 0 radical (unpaired) electrons. The van der Waals surface area contributed by atoms with Crippen LogP contribution in [-0.2, 0) is 28.7 Å². The Morgan fingerprint density at radius 1 is 1.09 bits per heavy atom. The van der Waals surface area contributed by atoms with E-state index in [1.807, 2.05) is 36.4 Å². The molecule has 1 heterocycles. The number of nitrogens with one attached hydrogen (secondary N) is 1. The van der Waals surface area contributed by atoms with Gasteiger partial charge < -0.3 is 5.32 Å². The second-order valence-electron chi connectivity index (χ2n) is 5.60. The molecule has 2 aromatic rings. The SMILES string of the molecule is CN1c2ccc(CCNCc3ccccc3)cc2CS1(=O)=O. The molecule has 116 valence electrons. The first-order valence-corrected chi connectivity index (χ1v) is 9.00. The Balaban J connectivity index is 1.57. The third kappa shape index (κ3) is 3.15. The number of anilines is 1. The van der Waals surface area contributed by atoms with Crippen molar-refractivity contribution in [2.75, 3.05) is 17.9 Å². The van der Waals surface area contributed by atoms with E-state index in [0.29, 0.717) is 0 Å². The molecule has 1 aliphatic rings. The monoisotopic (exact) mass is 316 g/mol. The molecule has 0 unspecified atom stereocenters.